The maximum absolute atomic E-state index is 11.0. The molecular weight excluding hydrogens is 360 g/mol. The average molecular weight is 390 g/mol. The molecule has 0 aliphatic carbocycles. The molecule has 0 aliphatic heterocycles. The summed E-state index contributed by atoms with van der Waals surface area (Å²) >= 11 is 0. The van der Waals surface area contributed by atoms with E-state index < -0.39 is 17.5 Å². The van der Waals surface area contributed by atoms with Gasteiger partial charge in [0.25, 0.3) is 0 Å². The van der Waals surface area contributed by atoms with E-state index in [-0.39, 0.29) is 17.2 Å². The van der Waals surface area contributed by atoms with Gasteiger partial charge in [-0.15, -0.1) is 0 Å². The van der Waals surface area contributed by atoms with Crippen LogP contribution < -0.4 is 0 Å². The Labute approximate surface area is 165 Å². The van der Waals surface area contributed by atoms with E-state index in [9.17, 15) is 24.9 Å². The number of aromatic hydroxyl groups is 3. The van der Waals surface area contributed by atoms with E-state index >= 15 is 0 Å². The fraction of sp³-hybridized carbons (Fsp3) is 0.455. The molecule has 0 saturated heterocycles. The molecule has 1 aromatic rings. The highest BCUT2D eigenvalue weighted by atomic mass is 16.4. The third-order valence-electron chi connectivity index (χ3n) is 4.82. The quantitative estimate of drug-likeness (QED) is 0.188. The number of rotatable bonds is 11. The first kappa shape index (κ1) is 23.3. The molecule has 1 unspecified atom stereocenters. The first-order valence-electron chi connectivity index (χ1n) is 9.43. The molecule has 6 heteroatoms. The van der Waals surface area contributed by atoms with Crippen LogP contribution in [-0.4, -0.2) is 32.7 Å². The number of phenols is 3. The summed E-state index contributed by atoms with van der Waals surface area (Å²) in [7, 11) is 0. The van der Waals surface area contributed by atoms with E-state index in [0.717, 1.165) is 31.3 Å². The zero-order chi connectivity index (χ0) is 21.3. The Morgan fingerprint density at radius 2 is 1.71 bits per heavy atom. The molecule has 6 nitrogen and oxygen atoms in total. The predicted molar refractivity (Wildman–Crippen MR) is 108 cm³/mol. The Balaban J connectivity index is 2.55. The minimum absolute atomic E-state index is 0.308. The van der Waals surface area contributed by atoms with E-state index in [2.05, 4.69) is 6.08 Å². The van der Waals surface area contributed by atoms with Crippen molar-refractivity contribution in [2.75, 3.05) is 0 Å². The summed E-state index contributed by atoms with van der Waals surface area (Å²) in [4.78, 5) is 21.8. The number of phenolic OH excluding ortho intramolecular Hbond substituents is 3. The van der Waals surface area contributed by atoms with Crippen molar-refractivity contribution in [3.8, 4) is 17.2 Å². The van der Waals surface area contributed by atoms with Crippen LogP contribution in [0.15, 0.2) is 29.4 Å². The minimum atomic E-state index is -0.754. The summed E-state index contributed by atoms with van der Waals surface area (Å²) < 4.78 is 0. The van der Waals surface area contributed by atoms with Crippen molar-refractivity contribution in [2.45, 2.75) is 59.3 Å². The number of allylic oxidation sites excluding steroid dienone is 4. The van der Waals surface area contributed by atoms with Crippen LogP contribution in [0.1, 0.15) is 68.8 Å². The van der Waals surface area contributed by atoms with Gasteiger partial charge in [-0.25, -0.2) is 0 Å². The highest BCUT2D eigenvalue weighted by Crippen LogP contribution is 2.37. The lowest BCUT2D eigenvalue weighted by Crippen LogP contribution is -2.08. The fourth-order valence-electron chi connectivity index (χ4n) is 2.84. The van der Waals surface area contributed by atoms with Gasteiger partial charge in [-0.05, 0) is 58.4 Å². The molecule has 154 valence electrons. The second-order valence-electron chi connectivity index (χ2n) is 7.26. The number of hydrogen-bond acceptors (Lipinski definition) is 5. The first-order valence-corrected chi connectivity index (χ1v) is 9.43. The van der Waals surface area contributed by atoms with Gasteiger partial charge in [0, 0.05) is 5.56 Å². The van der Waals surface area contributed by atoms with Crippen LogP contribution >= 0.6 is 0 Å². The molecule has 0 fully saturated rings. The van der Waals surface area contributed by atoms with Crippen LogP contribution in [0.2, 0.25) is 0 Å². The highest BCUT2D eigenvalue weighted by Gasteiger charge is 2.15. The van der Waals surface area contributed by atoms with Crippen molar-refractivity contribution in [3.63, 3.8) is 0 Å². The smallest absolute Gasteiger partial charge is 0.306 e. The van der Waals surface area contributed by atoms with Crippen LogP contribution in [-0.2, 0) is 11.2 Å². The van der Waals surface area contributed by atoms with E-state index in [1.54, 1.807) is 6.92 Å². The number of aliphatic carboxylic acids is 1. The van der Waals surface area contributed by atoms with E-state index in [1.165, 1.54) is 11.6 Å². The second-order valence-corrected chi connectivity index (χ2v) is 7.26. The van der Waals surface area contributed by atoms with Crippen molar-refractivity contribution in [1.29, 1.82) is 0 Å². The summed E-state index contributed by atoms with van der Waals surface area (Å²) in [5, 5.41) is 38.1. The maximum Gasteiger partial charge on any atom is 0.306 e. The van der Waals surface area contributed by atoms with Crippen LogP contribution in [0, 0.1) is 5.92 Å². The molecule has 0 spiro atoms. The topological polar surface area (TPSA) is 115 Å². The van der Waals surface area contributed by atoms with Crippen molar-refractivity contribution in [1.82, 2.24) is 0 Å². The molecule has 0 radical (unpaired) electrons. The van der Waals surface area contributed by atoms with Crippen LogP contribution in [0.4, 0.5) is 0 Å². The Bertz CT molecular complexity index is 761. The zero-order valence-electron chi connectivity index (χ0n) is 16.7. The van der Waals surface area contributed by atoms with E-state index in [4.69, 9.17) is 5.11 Å². The summed E-state index contributed by atoms with van der Waals surface area (Å²) in [6.07, 6.45) is 8.81. The van der Waals surface area contributed by atoms with E-state index in [1.807, 2.05) is 19.9 Å². The first-order chi connectivity index (χ1) is 13.2. The molecule has 0 heterocycles. The molecule has 1 atom stereocenters. The van der Waals surface area contributed by atoms with Gasteiger partial charge in [0.2, 0.25) is 0 Å². The van der Waals surface area contributed by atoms with Crippen molar-refractivity contribution < 1.29 is 30.0 Å². The number of aldehydes is 1. The minimum Gasteiger partial charge on any atom is -0.507 e. The molecule has 0 bridgehead atoms. The highest BCUT2D eigenvalue weighted by molar-refractivity contribution is 5.86. The monoisotopic (exact) mass is 390 g/mol. The Hall–Kier alpha value is -2.76. The standard InChI is InChI=1S/C22H30O6/c1-14(8-5-9-16(3)22(27)28)6-4-7-15(2)10-11-17-12-19(24)21(26)18(13-23)20(17)25/h6,10,12-13,16,24-26H,4-5,7-9,11H2,1-3H3,(H,27,28). The molecule has 0 aliphatic rings. The summed E-state index contributed by atoms with van der Waals surface area (Å²) in [5.41, 5.74) is 2.40. The molecule has 1 aromatic carbocycles. The Kier molecular flexibility index (Phi) is 9.28. The van der Waals surface area contributed by atoms with Crippen molar-refractivity contribution in [2.24, 2.45) is 5.92 Å². The van der Waals surface area contributed by atoms with Gasteiger partial charge in [0.05, 0.1) is 5.92 Å². The summed E-state index contributed by atoms with van der Waals surface area (Å²) in [6.45, 7) is 5.73. The number of hydrogen-bond donors (Lipinski definition) is 4. The van der Waals surface area contributed by atoms with Gasteiger partial charge < -0.3 is 20.4 Å². The van der Waals surface area contributed by atoms with Crippen molar-refractivity contribution in [3.05, 3.63) is 40.5 Å². The maximum atomic E-state index is 11.0. The molecule has 1 rings (SSSR count). The lowest BCUT2D eigenvalue weighted by Gasteiger charge is -2.09. The molecule has 0 aromatic heterocycles. The van der Waals surface area contributed by atoms with E-state index in [0.29, 0.717) is 24.7 Å². The molecule has 4 N–H and O–H groups in total. The molecular formula is C22H30O6. The molecule has 0 saturated carbocycles. The predicted octanol–water partition coefficient (Wildman–Crippen LogP) is 4.72. The van der Waals surface area contributed by atoms with Crippen molar-refractivity contribution >= 4 is 12.3 Å². The second kappa shape index (κ2) is 11.2. The molecule has 28 heavy (non-hydrogen) atoms. The third kappa shape index (κ3) is 7.10. The summed E-state index contributed by atoms with van der Waals surface area (Å²) in [5.74, 6) is -2.43. The fourth-order valence-corrected chi connectivity index (χ4v) is 2.84. The van der Waals surface area contributed by atoms with Crippen LogP contribution in [0.25, 0.3) is 0 Å². The van der Waals surface area contributed by atoms with Gasteiger partial charge in [-0.1, -0.05) is 30.2 Å². The van der Waals surface area contributed by atoms with Crippen LogP contribution in [0.3, 0.4) is 0 Å². The van der Waals surface area contributed by atoms with Gasteiger partial charge in [0.1, 0.15) is 11.3 Å². The van der Waals surface area contributed by atoms with Gasteiger partial charge in [0.15, 0.2) is 17.8 Å². The SMILES string of the molecule is CC(=CCc1cc(O)c(O)c(C=O)c1O)CCC=C(C)CCCC(C)C(=O)O. The lowest BCUT2D eigenvalue weighted by molar-refractivity contribution is -0.141. The normalized spacial score (nSPS) is 13.4. The zero-order valence-corrected chi connectivity index (χ0v) is 16.7. The molecule has 0 amide bonds. The average Bonchev–Trinajstić information content (AvgIpc) is 2.64. The van der Waals surface area contributed by atoms with Gasteiger partial charge >= 0.3 is 5.97 Å². The Morgan fingerprint density at radius 3 is 2.32 bits per heavy atom. The summed E-state index contributed by atoms with van der Waals surface area (Å²) in [6, 6.07) is 1.25. The van der Waals surface area contributed by atoms with Gasteiger partial charge in [-0.3, -0.25) is 9.59 Å². The number of carboxylic acids is 1. The van der Waals surface area contributed by atoms with Crippen LogP contribution in [0.5, 0.6) is 17.2 Å². The number of carbonyl (C=O) groups excluding carboxylic acids is 1. The number of carbonyl (C=O) groups is 2. The Morgan fingerprint density at radius 1 is 1.07 bits per heavy atom. The van der Waals surface area contributed by atoms with Gasteiger partial charge in [-0.2, -0.15) is 0 Å². The lowest BCUT2D eigenvalue weighted by atomic mass is 10.00. The number of benzene rings is 1. The largest absolute Gasteiger partial charge is 0.507 e. The number of carboxylic acid groups (broad SMARTS) is 1. The third-order valence-corrected chi connectivity index (χ3v) is 4.82.